The van der Waals surface area contributed by atoms with Crippen LogP contribution in [0.4, 0.5) is 0 Å². The molecule has 0 saturated carbocycles. The molecule has 20 heavy (non-hydrogen) atoms. The van der Waals surface area contributed by atoms with Gasteiger partial charge in [0.15, 0.2) is 0 Å². The van der Waals surface area contributed by atoms with Crippen molar-refractivity contribution in [2.75, 3.05) is 20.7 Å². The Labute approximate surface area is 120 Å². The van der Waals surface area contributed by atoms with Crippen molar-refractivity contribution in [1.29, 1.82) is 0 Å². The summed E-state index contributed by atoms with van der Waals surface area (Å²) in [6, 6.07) is 9.48. The van der Waals surface area contributed by atoms with Gasteiger partial charge in [-0.2, -0.15) is 0 Å². The highest BCUT2D eigenvalue weighted by atomic mass is 16.5. The fourth-order valence-corrected chi connectivity index (χ4v) is 4.36. The van der Waals surface area contributed by atoms with E-state index in [0.717, 1.165) is 6.54 Å². The van der Waals surface area contributed by atoms with E-state index in [9.17, 15) is 0 Å². The number of rotatable bonds is 1. The molecule has 1 fully saturated rings. The minimum atomic E-state index is 0.318. The second-order valence-electron chi connectivity index (χ2n) is 6.35. The first-order valence-electron chi connectivity index (χ1n) is 7.50. The van der Waals surface area contributed by atoms with Crippen LogP contribution in [0.25, 0.3) is 10.9 Å². The third-order valence-electron chi connectivity index (χ3n) is 5.42. The second-order valence-corrected chi connectivity index (χ2v) is 6.35. The number of ether oxygens (including phenoxy) is 1. The van der Waals surface area contributed by atoms with Crippen LogP contribution in [0.15, 0.2) is 24.3 Å². The molecule has 1 aliphatic carbocycles. The number of likely N-dealkylation sites (tertiary alicyclic amines) is 1. The van der Waals surface area contributed by atoms with Gasteiger partial charge in [-0.05, 0) is 31.5 Å². The van der Waals surface area contributed by atoms with E-state index in [-0.39, 0.29) is 0 Å². The van der Waals surface area contributed by atoms with Crippen LogP contribution in [0.2, 0.25) is 0 Å². The molecular formula is C17H22N2O. The van der Waals surface area contributed by atoms with Gasteiger partial charge in [0.2, 0.25) is 0 Å². The van der Waals surface area contributed by atoms with Crippen LogP contribution < -0.4 is 0 Å². The average molecular weight is 270 g/mol. The number of benzene rings is 1. The Morgan fingerprint density at radius 3 is 2.80 bits per heavy atom. The molecular weight excluding hydrogens is 248 g/mol. The van der Waals surface area contributed by atoms with Crippen molar-refractivity contribution < 1.29 is 4.74 Å². The predicted octanol–water partition coefficient (Wildman–Crippen LogP) is 2.54. The standard InChI is InChI=1S/C17H22N2O/c1-18-10-16(20-3)14-9-11(18)8-13-12-6-4-5-7-15(12)19(2)17(13)14/h4-7,11,14,16H,8-10H2,1-3H3/t11-,14+,16+/m1/s1. The molecule has 1 aliphatic heterocycles. The highest BCUT2D eigenvalue weighted by molar-refractivity contribution is 5.86. The molecule has 3 nitrogen and oxygen atoms in total. The normalized spacial score (nSPS) is 29.6. The Morgan fingerprint density at radius 1 is 1.20 bits per heavy atom. The number of hydrogen-bond donors (Lipinski definition) is 0. The van der Waals surface area contributed by atoms with Crippen molar-refractivity contribution in [3.05, 3.63) is 35.5 Å². The molecule has 3 atom stereocenters. The van der Waals surface area contributed by atoms with Crippen LogP contribution >= 0.6 is 0 Å². The molecule has 2 aromatic rings. The molecule has 1 aromatic carbocycles. The van der Waals surface area contributed by atoms with E-state index in [4.69, 9.17) is 4.74 Å². The Kier molecular flexibility index (Phi) is 2.69. The molecule has 2 aliphatic rings. The van der Waals surface area contributed by atoms with Gasteiger partial charge in [0.25, 0.3) is 0 Å². The first kappa shape index (κ1) is 12.4. The topological polar surface area (TPSA) is 17.4 Å². The Morgan fingerprint density at radius 2 is 2.00 bits per heavy atom. The van der Waals surface area contributed by atoms with Gasteiger partial charge < -0.3 is 14.2 Å². The minimum Gasteiger partial charge on any atom is -0.379 e. The maximum absolute atomic E-state index is 5.80. The van der Waals surface area contributed by atoms with E-state index in [2.05, 4.69) is 47.8 Å². The largest absolute Gasteiger partial charge is 0.379 e. The number of aryl methyl sites for hydroxylation is 1. The van der Waals surface area contributed by atoms with Gasteiger partial charge in [-0.15, -0.1) is 0 Å². The molecule has 0 spiro atoms. The lowest BCUT2D eigenvalue weighted by Gasteiger charge is -2.45. The molecule has 1 aromatic heterocycles. The molecule has 3 heteroatoms. The summed E-state index contributed by atoms with van der Waals surface area (Å²) in [6.45, 7) is 1.05. The summed E-state index contributed by atoms with van der Waals surface area (Å²) in [5.74, 6) is 0.544. The van der Waals surface area contributed by atoms with Crippen LogP contribution in [0.3, 0.4) is 0 Å². The zero-order valence-electron chi connectivity index (χ0n) is 12.5. The third kappa shape index (κ3) is 1.54. The van der Waals surface area contributed by atoms with E-state index in [1.54, 1.807) is 5.56 Å². The van der Waals surface area contributed by atoms with Gasteiger partial charge in [0, 0.05) is 49.3 Å². The van der Waals surface area contributed by atoms with Crippen LogP contribution in [-0.2, 0) is 18.2 Å². The summed E-state index contributed by atoms with van der Waals surface area (Å²) >= 11 is 0. The van der Waals surface area contributed by atoms with E-state index in [1.165, 1.54) is 29.4 Å². The fourth-order valence-electron chi connectivity index (χ4n) is 4.36. The SMILES string of the molecule is CO[C@H]1CN(C)[C@@H]2Cc3c(n(C)c4ccccc34)[C@H]1C2. The van der Waals surface area contributed by atoms with Crippen molar-refractivity contribution in [3.63, 3.8) is 0 Å². The predicted molar refractivity (Wildman–Crippen MR) is 81.2 cm³/mol. The molecule has 4 rings (SSSR count). The molecule has 2 heterocycles. The maximum atomic E-state index is 5.80. The highest BCUT2D eigenvalue weighted by Crippen LogP contribution is 2.44. The van der Waals surface area contributed by atoms with Crippen molar-refractivity contribution >= 4 is 10.9 Å². The van der Waals surface area contributed by atoms with Gasteiger partial charge in [-0.3, -0.25) is 0 Å². The van der Waals surface area contributed by atoms with Crippen LogP contribution in [0, 0.1) is 0 Å². The van der Waals surface area contributed by atoms with Crippen LogP contribution in [-0.4, -0.2) is 42.3 Å². The van der Waals surface area contributed by atoms with Crippen LogP contribution in [0.1, 0.15) is 23.6 Å². The molecule has 1 saturated heterocycles. The number of para-hydroxylation sites is 1. The molecule has 106 valence electrons. The number of hydrogen-bond acceptors (Lipinski definition) is 2. The quantitative estimate of drug-likeness (QED) is 0.792. The maximum Gasteiger partial charge on any atom is 0.0781 e. The first-order valence-corrected chi connectivity index (χ1v) is 7.50. The second kappa shape index (κ2) is 4.34. The van der Waals surface area contributed by atoms with Gasteiger partial charge in [0.1, 0.15) is 0 Å². The summed E-state index contributed by atoms with van der Waals surface area (Å²) in [5, 5.41) is 1.44. The zero-order chi connectivity index (χ0) is 13.9. The highest BCUT2D eigenvalue weighted by Gasteiger charge is 2.42. The zero-order valence-corrected chi connectivity index (χ0v) is 12.5. The van der Waals surface area contributed by atoms with Crippen molar-refractivity contribution in [1.82, 2.24) is 9.47 Å². The summed E-state index contributed by atoms with van der Waals surface area (Å²) in [7, 11) is 6.31. The first-order chi connectivity index (χ1) is 9.70. The number of piperidine rings is 1. The lowest BCUT2D eigenvalue weighted by molar-refractivity contribution is -0.00719. The lowest BCUT2D eigenvalue weighted by atomic mass is 9.76. The summed E-state index contributed by atoms with van der Waals surface area (Å²) in [5.41, 5.74) is 4.43. The Hall–Kier alpha value is -1.32. The van der Waals surface area contributed by atoms with E-state index < -0.39 is 0 Å². The van der Waals surface area contributed by atoms with E-state index >= 15 is 0 Å². The average Bonchev–Trinajstić information content (AvgIpc) is 2.77. The smallest absolute Gasteiger partial charge is 0.0781 e. The Bertz CT molecular complexity index is 660. The third-order valence-corrected chi connectivity index (χ3v) is 5.42. The minimum absolute atomic E-state index is 0.318. The summed E-state index contributed by atoms with van der Waals surface area (Å²) in [6.07, 6.45) is 2.73. The van der Waals surface area contributed by atoms with E-state index in [1.807, 2.05) is 7.11 Å². The van der Waals surface area contributed by atoms with Gasteiger partial charge >= 0.3 is 0 Å². The lowest BCUT2D eigenvalue weighted by Crippen LogP contribution is -2.51. The molecule has 0 radical (unpaired) electrons. The van der Waals surface area contributed by atoms with Crippen molar-refractivity contribution in [2.24, 2.45) is 7.05 Å². The monoisotopic (exact) mass is 270 g/mol. The Balaban J connectivity index is 1.96. The van der Waals surface area contributed by atoms with Gasteiger partial charge in [0.05, 0.1) is 6.10 Å². The number of likely N-dealkylation sites (N-methyl/N-ethyl adjacent to an activating group) is 1. The number of aromatic nitrogens is 1. The molecule has 0 amide bonds. The fraction of sp³-hybridized carbons (Fsp3) is 0.529. The molecule has 2 bridgehead atoms. The number of methoxy groups -OCH3 is 1. The van der Waals surface area contributed by atoms with E-state index in [0.29, 0.717) is 18.1 Å². The molecule has 0 N–H and O–H groups in total. The number of nitrogens with zero attached hydrogens (tertiary/aromatic N) is 2. The van der Waals surface area contributed by atoms with Crippen LogP contribution in [0.5, 0.6) is 0 Å². The van der Waals surface area contributed by atoms with Crippen molar-refractivity contribution in [3.8, 4) is 0 Å². The van der Waals surface area contributed by atoms with Crippen molar-refractivity contribution in [2.45, 2.75) is 30.9 Å². The summed E-state index contributed by atoms with van der Waals surface area (Å²) in [4.78, 5) is 2.48. The summed E-state index contributed by atoms with van der Waals surface area (Å²) < 4.78 is 8.21. The number of fused-ring (bicyclic) bond motifs is 6. The van der Waals surface area contributed by atoms with Gasteiger partial charge in [-0.1, -0.05) is 18.2 Å². The molecule has 0 unspecified atom stereocenters. The van der Waals surface area contributed by atoms with Gasteiger partial charge in [-0.25, -0.2) is 0 Å².